The predicted molar refractivity (Wildman–Crippen MR) is 108 cm³/mol. The second-order valence-electron chi connectivity index (χ2n) is 5.53. The molecule has 144 valence electrons. The summed E-state index contributed by atoms with van der Waals surface area (Å²) in [5.74, 6) is -0.462. The second-order valence-corrected chi connectivity index (χ2v) is 7.49. The largest absolute Gasteiger partial charge is 0.463 e. The zero-order valence-electron chi connectivity index (χ0n) is 15.9. The highest BCUT2D eigenvalue weighted by atomic mass is 31.2. The van der Waals surface area contributed by atoms with Gasteiger partial charge in [-0.2, -0.15) is 0 Å². The van der Waals surface area contributed by atoms with E-state index in [0.717, 1.165) is 11.1 Å². The van der Waals surface area contributed by atoms with Crippen LogP contribution >= 0.6 is 7.60 Å². The van der Waals surface area contributed by atoms with Crippen molar-refractivity contribution in [3.05, 3.63) is 60.2 Å². The van der Waals surface area contributed by atoms with E-state index in [-0.39, 0.29) is 19.8 Å². The fraction of sp³-hybridized carbons (Fsp3) is 0.286. The SMILES string of the molecule is CCOC(=O)/C=C/c1cccc(-c2ccccc2)c1P(=O)(OCC)OCC. The Morgan fingerprint density at radius 1 is 0.926 bits per heavy atom. The van der Waals surface area contributed by atoms with Gasteiger partial charge in [0.1, 0.15) is 0 Å². The third-order valence-corrected chi connectivity index (χ3v) is 5.95. The van der Waals surface area contributed by atoms with Crippen molar-refractivity contribution in [3.8, 4) is 11.1 Å². The summed E-state index contributed by atoms with van der Waals surface area (Å²) in [5.41, 5.74) is 2.22. The molecule has 0 aliphatic rings. The molecule has 0 saturated carbocycles. The minimum Gasteiger partial charge on any atom is -0.463 e. The molecule has 2 aromatic carbocycles. The van der Waals surface area contributed by atoms with Gasteiger partial charge in [-0.25, -0.2) is 4.79 Å². The Labute approximate surface area is 160 Å². The highest BCUT2D eigenvalue weighted by Crippen LogP contribution is 2.50. The van der Waals surface area contributed by atoms with Gasteiger partial charge in [0.2, 0.25) is 0 Å². The Bertz CT molecular complexity index is 820. The number of hydrogen-bond acceptors (Lipinski definition) is 5. The Kier molecular flexibility index (Phi) is 7.99. The standard InChI is InChI=1S/C21H25O5P/c1-4-24-20(22)16-15-18-13-10-14-19(17-11-8-7-9-12-17)21(18)27(23,25-5-2)26-6-3/h7-16H,4-6H2,1-3H3/b16-15+. The molecule has 2 rings (SSSR count). The van der Waals surface area contributed by atoms with Crippen LogP contribution in [-0.2, 0) is 23.1 Å². The lowest BCUT2D eigenvalue weighted by atomic mass is 10.0. The molecule has 0 radical (unpaired) electrons. The molecule has 0 saturated heterocycles. The summed E-state index contributed by atoms with van der Waals surface area (Å²) in [6, 6.07) is 15.1. The monoisotopic (exact) mass is 388 g/mol. The number of hydrogen-bond donors (Lipinski definition) is 0. The number of ether oxygens (including phenoxy) is 1. The first kappa shape index (κ1) is 21.1. The van der Waals surface area contributed by atoms with E-state index < -0.39 is 13.6 Å². The van der Waals surface area contributed by atoms with Gasteiger partial charge < -0.3 is 13.8 Å². The summed E-state index contributed by atoms with van der Waals surface area (Å²) in [6.07, 6.45) is 2.91. The maximum Gasteiger partial charge on any atom is 0.362 e. The number of rotatable bonds is 9. The Morgan fingerprint density at radius 2 is 1.59 bits per heavy atom. The van der Waals surface area contributed by atoms with Gasteiger partial charge in [-0.3, -0.25) is 4.57 Å². The molecule has 0 atom stereocenters. The molecular formula is C21H25O5P. The molecule has 0 unspecified atom stereocenters. The maximum atomic E-state index is 13.6. The number of benzene rings is 2. The molecule has 2 aromatic rings. The van der Waals surface area contributed by atoms with E-state index in [9.17, 15) is 9.36 Å². The summed E-state index contributed by atoms with van der Waals surface area (Å²) < 4.78 is 29.7. The van der Waals surface area contributed by atoms with Gasteiger partial charge in [0.25, 0.3) is 0 Å². The first-order valence-electron chi connectivity index (χ1n) is 8.98. The van der Waals surface area contributed by atoms with Crippen molar-refractivity contribution in [2.45, 2.75) is 20.8 Å². The minimum atomic E-state index is -3.59. The molecule has 0 heterocycles. The number of carbonyl (C=O) groups excluding carboxylic acids is 1. The van der Waals surface area contributed by atoms with Gasteiger partial charge >= 0.3 is 13.6 Å². The van der Waals surface area contributed by atoms with Gasteiger partial charge in [-0.1, -0.05) is 48.5 Å². The van der Waals surface area contributed by atoms with E-state index in [1.807, 2.05) is 42.5 Å². The molecule has 5 nitrogen and oxygen atoms in total. The van der Waals surface area contributed by atoms with Crippen LogP contribution in [0.25, 0.3) is 17.2 Å². The molecule has 0 aliphatic heterocycles. The molecule has 0 spiro atoms. The van der Waals surface area contributed by atoms with E-state index in [0.29, 0.717) is 10.9 Å². The molecule has 0 aromatic heterocycles. The van der Waals surface area contributed by atoms with Gasteiger partial charge in [-0.15, -0.1) is 0 Å². The van der Waals surface area contributed by atoms with Crippen LogP contribution in [0.3, 0.4) is 0 Å². The van der Waals surface area contributed by atoms with Crippen LogP contribution < -0.4 is 5.30 Å². The minimum absolute atomic E-state index is 0.238. The lowest BCUT2D eigenvalue weighted by Gasteiger charge is -2.22. The number of esters is 1. The van der Waals surface area contributed by atoms with Crippen molar-refractivity contribution in [1.82, 2.24) is 0 Å². The summed E-state index contributed by atoms with van der Waals surface area (Å²) in [6.45, 7) is 6.04. The molecule has 0 aliphatic carbocycles. The molecule has 6 heteroatoms. The summed E-state index contributed by atoms with van der Waals surface area (Å²) in [5, 5.41) is 0.445. The lowest BCUT2D eigenvalue weighted by Crippen LogP contribution is -2.17. The van der Waals surface area contributed by atoms with Crippen molar-refractivity contribution in [3.63, 3.8) is 0 Å². The smallest absolute Gasteiger partial charge is 0.362 e. The van der Waals surface area contributed by atoms with Crippen molar-refractivity contribution < 1.29 is 23.1 Å². The van der Waals surface area contributed by atoms with Crippen LogP contribution in [-0.4, -0.2) is 25.8 Å². The van der Waals surface area contributed by atoms with E-state index in [1.54, 1.807) is 32.9 Å². The molecule has 0 fully saturated rings. The van der Waals surface area contributed by atoms with Crippen molar-refractivity contribution in [2.24, 2.45) is 0 Å². The zero-order valence-corrected chi connectivity index (χ0v) is 16.8. The third kappa shape index (κ3) is 5.39. The first-order valence-corrected chi connectivity index (χ1v) is 10.5. The molecule has 0 N–H and O–H groups in total. The summed E-state index contributed by atoms with van der Waals surface area (Å²) in [4.78, 5) is 11.7. The van der Waals surface area contributed by atoms with Crippen molar-refractivity contribution >= 4 is 24.9 Å². The van der Waals surface area contributed by atoms with E-state index in [2.05, 4.69) is 0 Å². The molecule has 27 heavy (non-hydrogen) atoms. The Balaban J connectivity index is 2.67. The molecule has 0 bridgehead atoms. The Hall–Kier alpha value is -2.20. The fourth-order valence-electron chi connectivity index (χ4n) is 2.71. The molecular weight excluding hydrogens is 363 g/mol. The van der Waals surface area contributed by atoms with Crippen LogP contribution in [0.2, 0.25) is 0 Å². The van der Waals surface area contributed by atoms with Crippen LogP contribution in [0.1, 0.15) is 26.3 Å². The second kappa shape index (κ2) is 10.2. The van der Waals surface area contributed by atoms with Gasteiger partial charge in [0.05, 0.1) is 25.1 Å². The van der Waals surface area contributed by atoms with E-state index >= 15 is 0 Å². The van der Waals surface area contributed by atoms with Crippen LogP contribution in [0.4, 0.5) is 0 Å². The van der Waals surface area contributed by atoms with Crippen molar-refractivity contribution in [2.75, 3.05) is 19.8 Å². The highest BCUT2D eigenvalue weighted by Gasteiger charge is 2.32. The third-order valence-electron chi connectivity index (χ3n) is 3.71. The zero-order chi connectivity index (χ0) is 19.7. The van der Waals surface area contributed by atoms with E-state index in [4.69, 9.17) is 13.8 Å². The Morgan fingerprint density at radius 3 is 2.19 bits per heavy atom. The van der Waals surface area contributed by atoms with Crippen LogP contribution in [0, 0.1) is 0 Å². The van der Waals surface area contributed by atoms with Crippen molar-refractivity contribution in [1.29, 1.82) is 0 Å². The van der Waals surface area contributed by atoms with Crippen LogP contribution in [0.15, 0.2) is 54.6 Å². The highest BCUT2D eigenvalue weighted by molar-refractivity contribution is 7.62. The van der Waals surface area contributed by atoms with Crippen LogP contribution in [0.5, 0.6) is 0 Å². The average molecular weight is 388 g/mol. The normalized spacial score (nSPS) is 11.7. The summed E-state index contributed by atoms with van der Waals surface area (Å²) >= 11 is 0. The predicted octanol–water partition coefficient (Wildman–Crippen LogP) is 4.82. The fourth-order valence-corrected chi connectivity index (χ4v) is 4.68. The topological polar surface area (TPSA) is 61.8 Å². The lowest BCUT2D eigenvalue weighted by molar-refractivity contribution is -0.137. The maximum absolute atomic E-state index is 13.6. The van der Waals surface area contributed by atoms with Gasteiger partial charge in [0, 0.05) is 6.08 Å². The quantitative estimate of drug-likeness (QED) is 0.350. The molecule has 0 amide bonds. The first-order chi connectivity index (χ1) is 13.1. The van der Waals surface area contributed by atoms with E-state index in [1.165, 1.54) is 6.08 Å². The van der Waals surface area contributed by atoms with Gasteiger partial charge in [0.15, 0.2) is 0 Å². The average Bonchev–Trinajstić information content (AvgIpc) is 2.67. The number of carbonyl (C=O) groups is 1. The summed E-state index contributed by atoms with van der Waals surface area (Å²) in [7, 11) is -3.59. The van der Waals surface area contributed by atoms with Gasteiger partial charge in [-0.05, 0) is 43.5 Å².